The van der Waals surface area contributed by atoms with Gasteiger partial charge in [-0.3, -0.25) is 0 Å². The van der Waals surface area contributed by atoms with Crippen LogP contribution >= 0.6 is 0 Å². The van der Waals surface area contributed by atoms with Gasteiger partial charge in [0.2, 0.25) is 0 Å². The Labute approximate surface area is 105 Å². The van der Waals surface area contributed by atoms with Gasteiger partial charge in [0.05, 0.1) is 7.11 Å². The molecular weight excluding hydrogens is 212 g/mol. The Hall–Kier alpha value is -1.06. The van der Waals surface area contributed by atoms with Gasteiger partial charge < -0.3 is 15.4 Å². The number of rotatable bonds is 5. The van der Waals surface area contributed by atoms with Gasteiger partial charge in [-0.15, -0.1) is 0 Å². The first-order valence-electron chi connectivity index (χ1n) is 5.95. The van der Waals surface area contributed by atoms with Crippen LogP contribution in [0.15, 0.2) is 18.2 Å². The molecule has 0 aromatic heterocycles. The average molecular weight is 236 g/mol. The standard InChI is InChI=1S/C14H24N2O/c1-14(2,15)12-10-11(8-9-16(3)4)6-7-13(12)17-5/h6-7,10H,8-9,15H2,1-5H3. The fourth-order valence-corrected chi connectivity index (χ4v) is 1.77. The van der Waals surface area contributed by atoms with E-state index in [0.29, 0.717) is 0 Å². The zero-order valence-corrected chi connectivity index (χ0v) is 11.6. The lowest BCUT2D eigenvalue weighted by atomic mass is 9.92. The number of likely N-dealkylation sites (N-methyl/N-ethyl adjacent to an activating group) is 1. The first-order chi connectivity index (χ1) is 7.84. The highest BCUT2D eigenvalue weighted by Crippen LogP contribution is 2.28. The molecule has 2 N–H and O–H groups in total. The highest BCUT2D eigenvalue weighted by molar-refractivity contribution is 5.41. The van der Waals surface area contributed by atoms with E-state index in [1.54, 1.807) is 7.11 Å². The summed E-state index contributed by atoms with van der Waals surface area (Å²) in [4.78, 5) is 2.18. The number of ether oxygens (including phenoxy) is 1. The predicted molar refractivity (Wildman–Crippen MR) is 72.5 cm³/mol. The molecule has 0 aliphatic carbocycles. The van der Waals surface area contributed by atoms with Crippen LogP contribution in [0.1, 0.15) is 25.0 Å². The van der Waals surface area contributed by atoms with E-state index < -0.39 is 0 Å². The molecule has 0 atom stereocenters. The van der Waals surface area contributed by atoms with E-state index in [-0.39, 0.29) is 5.54 Å². The molecule has 1 rings (SSSR count). The number of hydrogen-bond acceptors (Lipinski definition) is 3. The number of methoxy groups -OCH3 is 1. The first-order valence-corrected chi connectivity index (χ1v) is 5.95. The molecule has 0 spiro atoms. The molecule has 0 aliphatic heterocycles. The minimum absolute atomic E-state index is 0.376. The Morgan fingerprint density at radius 2 is 1.94 bits per heavy atom. The molecule has 1 aromatic carbocycles. The molecule has 0 saturated heterocycles. The van der Waals surface area contributed by atoms with Crippen LogP contribution in [0.25, 0.3) is 0 Å². The molecule has 0 heterocycles. The van der Waals surface area contributed by atoms with Crippen LogP contribution in [-0.4, -0.2) is 32.6 Å². The van der Waals surface area contributed by atoms with Gasteiger partial charge >= 0.3 is 0 Å². The fraction of sp³-hybridized carbons (Fsp3) is 0.571. The van der Waals surface area contributed by atoms with E-state index in [1.807, 2.05) is 19.9 Å². The van der Waals surface area contributed by atoms with Crippen molar-refractivity contribution in [1.82, 2.24) is 4.90 Å². The van der Waals surface area contributed by atoms with Crippen molar-refractivity contribution < 1.29 is 4.74 Å². The van der Waals surface area contributed by atoms with Gasteiger partial charge in [0.15, 0.2) is 0 Å². The van der Waals surface area contributed by atoms with Crippen molar-refractivity contribution in [1.29, 1.82) is 0 Å². The van der Waals surface area contributed by atoms with Gasteiger partial charge in [0.25, 0.3) is 0 Å². The summed E-state index contributed by atoms with van der Waals surface area (Å²) in [5.74, 6) is 0.867. The Bertz CT molecular complexity index is 367. The summed E-state index contributed by atoms with van der Waals surface area (Å²) in [6.07, 6.45) is 1.03. The largest absolute Gasteiger partial charge is 0.496 e. The maximum atomic E-state index is 6.17. The monoisotopic (exact) mass is 236 g/mol. The summed E-state index contributed by atoms with van der Waals surface area (Å²) in [5, 5.41) is 0. The zero-order valence-electron chi connectivity index (χ0n) is 11.6. The van der Waals surface area contributed by atoms with Crippen molar-refractivity contribution in [3.05, 3.63) is 29.3 Å². The molecule has 0 radical (unpaired) electrons. The SMILES string of the molecule is COc1ccc(CCN(C)C)cc1C(C)(C)N. The molecule has 3 heteroatoms. The Morgan fingerprint density at radius 1 is 1.29 bits per heavy atom. The molecule has 0 unspecified atom stereocenters. The highest BCUT2D eigenvalue weighted by Gasteiger charge is 2.19. The van der Waals surface area contributed by atoms with Crippen LogP contribution < -0.4 is 10.5 Å². The van der Waals surface area contributed by atoms with Crippen molar-refractivity contribution in [2.75, 3.05) is 27.7 Å². The Morgan fingerprint density at radius 3 is 2.41 bits per heavy atom. The predicted octanol–water partition coefficient (Wildman–Crippen LogP) is 1.99. The normalized spacial score (nSPS) is 11.9. The summed E-state index contributed by atoms with van der Waals surface area (Å²) in [6, 6.07) is 6.27. The topological polar surface area (TPSA) is 38.5 Å². The number of hydrogen-bond donors (Lipinski definition) is 1. The minimum atomic E-state index is -0.376. The minimum Gasteiger partial charge on any atom is -0.496 e. The van der Waals surface area contributed by atoms with Gasteiger partial charge in [0.1, 0.15) is 5.75 Å². The lowest BCUT2D eigenvalue weighted by Gasteiger charge is -2.23. The first kappa shape index (κ1) is 14.0. The molecule has 0 fully saturated rings. The third-order valence-corrected chi connectivity index (χ3v) is 2.81. The van der Waals surface area contributed by atoms with Crippen molar-refractivity contribution in [2.24, 2.45) is 5.73 Å². The quantitative estimate of drug-likeness (QED) is 0.849. The lowest BCUT2D eigenvalue weighted by molar-refractivity contribution is 0.393. The summed E-state index contributed by atoms with van der Waals surface area (Å²) in [5.41, 5.74) is 8.16. The second-order valence-electron chi connectivity index (χ2n) is 5.31. The van der Waals surface area contributed by atoms with Crippen molar-refractivity contribution in [3.63, 3.8) is 0 Å². The van der Waals surface area contributed by atoms with Crippen LogP contribution in [0.5, 0.6) is 5.75 Å². The second-order valence-corrected chi connectivity index (χ2v) is 5.31. The van der Waals surface area contributed by atoms with Gasteiger partial charge in [-0.2, -0.15) is 0 Å². The van der Waals surface area contributed by atoms with Gasteiger partial charge in [-0.05, 0) is 46.0 Å². The van der Waals surface area contributed by atoms with E-state index in [1.165, 1.54) is 5.56 Å². The molecule has 1 aromatic rings. The van der Waals surface area contributed by atoms with Gasteiger partial charge in [-0.25, -0.2) is 0 Å². The third kappa shape index (κ3) is 4.02. The lowest BCUT2D eigenvalue weighted by Crippen LogP contribution is -2.29. The molecule has 0 saturated carbocycles. The maximum Gasteiger partial charge on any atom is 0.123 e. The average Bonchev–Trinajstić information content (AvgIpc) is 2.24. The van der Waals surface area contributed by atoms with Crippen molar-refractivity contribution in [3.8, 4) is 5.75 Å². The molecule has 0 amide bonds. The second kappa shape index (κ2) is 5.52. The smallest absolute Gasteiger partial charge is 0.123 e. The molecule has 3 nitrogen and oxygen atoms in total. The number of benzene rings is 1. The Balaban J connectivity index is 2.97. The van der Waals surface area contributed by atoms with Gasteiger partial charge in [-0.1, -0.05) is 12.1 Å². The molecule has 96 valence electrons. The summed E-state index contributed by atoms with van der Waals surface area (Å²) in [7, 11) is 5.85. The molecular formula is C14H24N2O. The number of nitrogens with two attached hydrogens (primary N) is 1. The van der Waals surface area contributed by atoms with E-state index in [0.717, 1.165) is 24.3 Å². The number of nitrogens with zero attached hydrogens (tertiary/aromatic N) is 1. The Kier molecular flexibility index (Phi) is 4.54. The van der Waals surface area contributed by atoms with Crippen LogP contribution in [0.2, 0.25) is 0 Å². The van der Waals surface area contributed by atoms with Crippen molar-refractivity contribution in [2.45, 2.75) is 25.8 Å². The molecule has 0 bridgehead atoms. The van der Waals surface area contributed by atoms with Crippen LogP contribution in [0.4, 0.5) is 0 Å². The zero-order chi connectivity index (χ0) is 13.1. The highest BCUT2D eigenvalue weighted by atomic mass is 16.5. The van der Waals surface area contributed by atoms with Crippen LogP contribution in [0.3, 0.4) is 0 Å². The molecule has 17 heavy (non-hydrogen) atoms. The maximum absolute atomic E-state index is 6.17. The third-order valence-electron chi connectivity index (χ3n) is 2.81. The van der Waals surface area contributed by atoms with Gasteiger partial charge in [0, 0.05) is 17.6 Å². The fourth-order valence-electron chi connectivity index (χ4n) is 1.77. The van der Waals surface area contributed by atoms with E-state index in [4.69, 9.17) is 10.5 Å². The summed E-state index contributed by atoms with van der Waals surface area (Å²) >= 11 is 0. The summed E-state index contributed by atoms with van der Waals surface area (Å²) < 4.78 is 5.36. The summed E-state index contributed by atoms with van der Waals surface area (Å²) in [6.45, 7) is 5.04. The van der Waals surface area contributed by atoms with Crippen molar-refractivity contribution >= 4 is 0 Å². The van der Waals surface area contributed by atoms with E-state index >= 15 is 0 Å². The van der Waals surface area contributed by atoms with Crippen LogP contribution in [0, 0.1) is 0 Å². The van der Waals surface area contributed by atoms with E-state index in [9.17, 15) is 0 Å². The van der Waals surface area contributed by atoms with Crippen LogP contribution in [-0.2, 0) is 12.0 Å². The van der Waals surface area contributed by atoms with E-state index in [2.05, 4.69) is 31.1 Å². The molecule has 0 aliphatic rings.